The fourth-order valence-corrected chi connectivity index (χ4v) is 1.84. The van der Waals surface area contributed by atoms with E-state index in [1.165, 1.54) is 0 Å². The van der Waals surface area contributed by atoms with Crippen molar-refractivity contribution in [2.75, 3.05) is 0 Å². The predicted octanol–water partition coefficient (Wildman–Crippen LogP) is 1.22. The molecule has 3 heteroatoms. The van der Waals surface area contributed by atoms with Crippen molar-refractivity contribution < 1.29 is 9.90 Å². The van der Waals surface area contributed by atoms with Gasteiger partial charge in [0.05, 0.1) is 0 Å². The summed E-state index contributed by atoms with van der Waals surface area (Å²) in [6.45, 7) is 4.24. The minimum atomic E-state index is -0.703. The van der Waals surface area contributed by atoms with E-state index in [1.807, 2.05) is 0 Å². The molecule has 3 nitrogen and oxygen atoms in total. The van der Waals surface area contributed by atoms with Crippen molar-refractivity contribution in [3.05, 3.63) is 0 Å². The van der Waals surface area contributed by atoms with Crippen LogP contribution in [-0.2, 0) is 4.79 Å². The first kappa shape index (κ1) is 9.52. The van der Waals surface area contributed by atoms with Gasteiger partial charge in [0.25, 0.3) is 0 Å². The largest absolute Gasteiger partial charge is 0.481 e. The topological polar surface area (TPSA) is 63.3 Å². The van der Waals surface area contributed by atoms with Gasteiger partial charge in [0.1, 0.15) is 0 Å². The molecule has 0 heterocycles. The average molecular weight is 171 g/mol. The second-order valence-electron chi connectivity index (χ2n) is 4.29. The lowest BCUT2D eigenvalue weighted by molar-refractivity contribution is -0.138. The Labute approximate surface area is 72.9 Å². The van der Waals surface area contributed by atoms with E-state index >= 15 is 0 Å². The number of carboxylic acids is 1. The molecule has 0 spiro atoms. The van der Waals surface area contributed by atoms with Crippen molar-refractivity contribution in [3.8, 4) is 0 Å². The fourth-order valence-electron chi connectivity index (χ4n) is 1.84. The summed E-state index contributed by atoms with van der Waals surface area (Å²) in [5, 5.41) is 8.49. The van der Waals surface area contributed by atoms with Crippen LogP contribution in [0.1, 0.15) is 33.1 Å². The van der Waals surface area contributed by atoms with Crippen LogP contribution in [0.25, 0.3) is 0 Å². The van der Waals surface area contributed by atoms with Crippen molar-refractivity contribution >= 4 is 5.97 Å². The van der Waals surface area contributed by atoms with Crippen LogP contribution >= 0.6 is 0 Å². The van der Waals surface area contributed by atoms with E-state index in [4.69, 9.17) is 10.8 Å². The molecule has 0 aromatic heterocycles. The van der Waals surface area contributed by atoms with Gasteiger partial charge in [-0.1, -0.05) is 13.8 Å². The molecule has 1 aliphatic rings. The lowest BCUT2D eigenvalue weighted by Gasteiger charge is -2.50. The second kappa shape index (κ2) is 3.05. The van der Waals surface area contributed by atoms with Crippen LogP contribution < -0.4 is 5.73 Å². The Morgan fingerprint density at radius 2 is 2.25 bits per heavy atom. The van der Waals surface area contributed by atoms with Gasteiger partial charge in [-0.25, -0.2) is 0 Å². The summed E-state index contributed by atoms with van der Waals surface area (Å²) in [6.07, 6.45) is 2.04. The Bertz CT molecular complexity index is 189. The molecule has 1 rings (SSSR count). The van der Waals surface area contributed by atoms with E-state index < -0.39 is 5.97 Å². The Kier molecular flexibility index (Phi) is 2.42. The van der Waals surface area contributed by atoms with Crippen LogP contribution in [-0.4, -0.2) is 17.1 Å². The second-order valence-corrected chi connectivity index (χ2v) is 4.29. The standard InChI is InChI=1S/C9H17NO2/c1-9(2)6(5-7(9)10)3-4-8(11)12/h6-7H,3-5,10H2,1-2H3,(H,11,12)/t6-,7-/m0/s1. The van der Waals surface area contributed by atoms with Gasteiger partial charge in [0, 0.05) is 12.5 Å². The van der Waals surface area contributed by atoms with Crippen LogP contribution in [0.5, 0.6) is 0 Å². The first-order valence-electron chi connectivity index (χ1n) is 4.42. The monoisotopic (exact) mass is 171 g/mol. The summed E-state index contributed by atoms with van der Waals surface area (Å²) >= 11 is 0. The van der Waals surface area contributed by atoms with E-state index in [0.29, 0.717) is 5.92 Å². The molecule has 0 unspecified atom stereocenters. The van der Waals surface area contributed by atoms with Crippen molar-refractivity contribution in [2.45, 2.75) is 39.2 Å². The molecule has 0 aliphatic heterocycles. The highest BCUT2D eigenvalue weighted by atomic mass is 16.4. The fraction of sp³-hybridized carbons (Fsp3) is 0.889. The number of aliphatic carboxylic acids is 1. The van der Waals surface area contributed by atoms with Crippen LogP contribution in [0.2, 0.25) is 0 Å². The number of carboxylic acid groups (broad SMARTS) is 1. The Morgan fingerprint density at radius 3 is 2.58 bits per heavy atom. The maximum atomic E-state index is 10.3. The van der Waals surface area contributed by atoms with E-state index in [-0.39, 0.29) is 17.9 Å². The third kappa shape index (κ3) is 1.61. The maximum absolute atomic E-state index is 10.3. The third-order valence-corrected chi connectivity index (χ3v) is 3.25. The van der Waals surface area contributed by atoms with Crippen LogP contribution in [0, 0.1) is 11.3 Å². The minimum absolute atomic E-state index is 0.148. The molecule has 0 amide bonds. The zero-order chi connectivity index (χ0) is 9.35. The van der Waals surface area contributed by atoms with E-state index in [2.05, 4.69) is 13.8 Å². The summed E-state index contributed by atoms with van der Waals surface area (Å²) in [5.41, 5.74) is 5.95. The Balaban J connectivity index is 2.32. The molecule has 2 atom stereocenters. The quantitative estimate of drug-likeness (QED) is 0.671. The molecule has 0 bridgehead atoms. The Hall–Kier alpha value is -0.570. The molecule has 1 fully saturated rings. The highest BCUT2D eigenvalue weighted by Gasteiger charge is 2.45. The third-order valence-electron chi connectivity index (χ3n) is 3.25. The predicted molar refractivity (Wildman–Crippen MR) is 46.7 cm³/mol. The smallest absolute Gasteiger partial charge is 0.303 e. The number of nitrogens with two attached hydrogens (primary N) is 1. The van der Waals surface area contributed by atoms with Gasteiger partial charge in [-0.15, -0.1) is 0 Å². The summed E-state index contributed by atoms with van der Waals surface area (Å²) < 4.78 is 0. The van der Waals surface area contributed by atoms with E-state index in [0.717, 1.165) is 12.8 Å². The van der Waals surface area contributed by atoms with Gasteiger partial charge in [-0.05, 0) is 24.2 Å². The Morgan fingerprint density at radius 1 is 1.67 bits per heavy atom. The first-order valence-corrected chi connectivity index (χ1v) is 4.42. The molecule has 12 heavy (non-hydrogen) atoms. The van der Waals surface area contributed by atoms with Gasteiger partial charge in [-0.2, -0.15) is 0 Å². The zero-order valence-corrected chi connectivity index (χ0v) is 7.71. The molecule has 70 valence electrons. The van der Waals surface area contributed by atoms with Crippen molar-refractivity contribution in [1.29, 1.82) is 0 Å². The SMILES string of the molecule is CC1(C)[C@@H](CCC(=O)O)C[C@@H]1N. The molecule has 0 aromatic carbocycles. The normalized spacial score (nSPS) is 32.6. The summed E-state index contributed by atoms with van der Waals surface area (Å²) in [5.74, 6) is -0.199. The molecular formula is C9H17NO2. The molecular weight excluding hydrogens is 154 g/mol. The van der Waals surface area contributed by atoms with Crippen LogP contribution in [0.15, 0.2) is 0 Å². The number of hydrogen-bond acceptors (Lipinski definition) is 2. The lowest BCUT2D eigenvalue weighted by Crippen LogP contribution is -2.54. The highest BCUT2D eigenvalue weighted by molar-refractivity contribution is 5.66. The number of hydrogen-bond donors (Lipinski definition) is 2. The molecule has 0 radical (unpaired) electrons. The molecule has 3 N–H and O–H groups in total. The van der Waals surface area contributed by atoms with Gasteiger partial charge in [0.2, 0.25) is 0 Å². The van der Waals surface area contributed by atoms with Gasteiger partial charge in [-0.3, -0.25) is 4.79 Å². The van der Waals surface area contributed by atoms with Gasteiger partial charge in [0.15, 0.2) is 0 Å². The zero-order valence-electron chi connectivity index (χ0n) is 7.71. The number of rotatable bonds is 3. The van der Waals surface area contributed by atoms with Crippen molar-refractivity contribution in [2.24, 2.45) is 17.1 Å². The summed E-state index contributed by atoms with van der Waals surface area (Å²) in [4.78, 5) is 10.3. The minimum Gasteiger partial charge on any atom is -0.481 e. The lowest BCUT2D eigenvalue weighted by atomic mass is 9.57. The van der Waals surface area contributed by atoms with Crippen LogP contribution in [0.3, 0.4) is 0 Å². The van der Waals surface area contributed by atoms with Gasteiger partial charge >= 0.3 is 5.97 Å². The summed E-state index contributed by atoms with van der Waals surface area (Å²) in [6, 6.07) is 0.260. The maximum Gasteiger partial charge on any atom is 0.303 e. The van der Waals surface area contributed by atoms with E-state index in [1.54, 1.807) is 0 Å². The van der Waals surface area contributed by atoms with Crippen LogP contribution in [0.4, 0.5) is 0 Å². The molecule has 1 saturated carbocycles. The number of carbonyl (C=O) groups is 1. The molecule has 1 aliphatic carbocycles. The molecule has 0 aromatic rings. The summed E-state index contributed by atoms with van der Waals surface area (Å²) in [7, 11) is 0. The van der Waals surface area contributed by atoms with Crippen molar-refractivity contribution in [1.82, 2.24) is 0 Å². The van der Waals surface area contributed by atoms with E-state index in [9.17, 15) is 4.79 Å². The van der Waals surface area contributed by atoms with Crippen molar-refractivity contribution in [3.63, 3.8) is 0 Å². The average Bonchev–Trinajstić information content (AvgIpc) is 1.97. The highest BCUT2D eigenvalue weighted by Crippen LogP contribution is 2.47. The first-order chi connectivity index (χ1) is 5.44. The van der Waals surface area contributed by atoms with Gasteiger partial charge < -0.3 is 10.8 Å². The molecule has 0 saturated heterocycles.